The minimum atomic E-state index is -1.91. The Morgan fingerprint density at radius 3 is 2.06 bits per heavy atom. The summed E-state index contributed by atoms with van der Waals surface area (Å²) in [4.78, 5) is 10.9. The first-order chi connectivity index (χ1) is 25.1. The van der Waals surface area contributed by atoms with Crippen LogP contribution < -0.4 is 10.4 Å². The van der Waals surface area contributed by atoms with Crippen LogP contribution in [0.25, 0.3) is 94.1 Å². The Kier molecular flexibility index (Phi) is 5.79. The van der Waals surface area contributed by atoms with Crippen LogP contribution in [0.1, 0.15) is 0 Å². The molecule has 0 aliphatic carbocycles. The molecule has 0 saturated heterocycles. The summed E-state index contributed by atoms with van der Waals surface area (Å²) in [5.74, 6) is 0.672. The number of nitrogens with zero attached hydrogens (tertiary/aromatic N) is 3. The number of hydrogen-bond acceptors (Lipinski definition) is 3. The lowest BCUT2D eigenvalue weighted by Gasteiger charge is -2.19. The van der Waals surface area contributed by atoms with Gasteiger partial charge in [-0.3, -0.25) is 0 Å². The molecule has 51 heavy (non-hydrogen) atoms. The van der Waals surface area contributed by atoms with Crippen molar-refractivity contribution in [3.05, 3.63) is 152 Å². The molecule has 0 bridgehead atoms. The third kappa shape index (κ3) is 3.89. The summed E-state index contributed by atoms with van der Waals surface area (Å²) in [6, 6.07) is 54.0. The van der Waals surface area contributed by atoms with E-state index < -0.39 is 8.07 Å². The number of furan rings is 1. The smallest absolute Gasteiger partial charge is 0.164 e. The number of fused-ring (bicyclic) bond motifs is 12. The number of rotatable bonds is 3. The van der Waals surface area contributed by atoms with E-state index in [9.17, 15) is 0 Å². The van der Waals surface area contributed by atoms with Crippen LogP contribution in [0.2, 0.25) is 13.1 Å². The van der Waals surface area contributed by atoms with Gasteiger partial charge in [0.25, 0.3) is 0 Å². The van der Waals surface area contributed by atoms with Crippen LogP contribution in [0, 0.1) is 0 Å². The van der Waals surface area contributed by atoms with Gasteiger partial charge in [0, 0.05) is 38.4 Å². The molecular weight excluding hydrogens is 639 g/mol. The topological polar surface area (TPSA) is 43.9 Å². The Balaban J connectivity index is 1.23. The van der Waals surface area contributed by atoms with Crippen molar-refractivity contribution >= 4 is 73.1 Å². The fourth-order valence-corrected chi connectivity index (χ4v) is 11.7. The maximum absolute atomic E-state index is 7.06. The number of aromatic nitrogens is 3. The molecule has 0 saturated carbocycles. The SMILES string of the molecule is C[Si]1(C)c2ccccc2-c2c1ccc1c(-c3ccccc3)nc(-c3cccc4c3oc3c4ccc4c3c3ccccc3n4-c3ccccc3)nc21. The number of hydrogen-bond donors (Lipinski definition) is 0. The predicted molar refractivity (Wildman–Crippen MR) is 214 cm³/mol. The zero-order chi connectivity index (χ0) is 33.8. The van der Waals surface area contributed by atoms with Crippen molar-refractivity contribution in [1.82, 2.24) is 14.5 Å². The lowest BCUT2D eigenvalue weighted by atomic mass is 9.98. The average molecular weight is 670 g/mol. The summed E-state index contributed by atoms with van der Waals surface area (Å²) in [5.41, 5.74) is 11.5. The molecule has 1 aliphatic heterocycles. The molecule has 0 fully saturated rings. The van der Waals surface area contributed by atoms with E-state index in [1.807, 2.05) is 0 Å². The van der Waals surface area contributed by atoms with Gasteiger partial charge in [-0.25, -0.2) is 9.97 Å². The standard InChI is InChI=1S/C46H31N3OSi/c1-51(2)38-23-12-10-19-33(38)41-39(51)27-25-34-42(28-14-5-3-6-15-28)47-46(48-43(34)41)35-21-13-20-30-31-24-26-37-40(45(31)50-44(30)35)32-18-9-11-22-36(32)49(37)29-16-7-4-8-17-29/h3-27H,1-2H3. The maximum Gasteiger partial charge on any atom is 0.164 e. The van der Waals surface area contributed by atoms with Crippen molar-refractivity contribution < 1.29 is 4.42 Å². The summed E-state index contributed by atoms with van der Waals surface area (Å²) in [6.45, 7) is 4.91. The second-order valence-corrected chi connectivity index (χ2v) is 18.5. The van der Waals surface area contributed by atoms with E-state index in [1.165, 1.54) is 21.5 Å². The fourth-order valence-electron chi connectivity index (χ4n) is 8.66. The van der Waals surface area contributed by atoms with E-state index in [-0.39, 0.29) is 0 Å². The van der Waals surface area contributed by atoms with E-state index in [2.05, 4.69) is 169 Å². The van der Waals surface area contributed by atoms with Crippen molar-refractivity contribution in [2.75, 3.05) is 0 Å². The van der Waals surface area contributed by atoms with Crippen LogP contribution in [0.15, 0.2) is 156 Å². The monoisotopic (exact) mass is 669 g/mol. The first-order valence-electron chi connectivity index (χ1n) is 17.5. The van der Waals surface area contributed by atoms with Crippen LogP contribution in [0.3, 0.4) is 0 Å². The zero-order valence-corrected chi connectivity index (χ0v) is 29.2. The van der Waals surface area contributed by atoms with Crippen molar-refractivity contribution in [3.63, 3.8) is 0 Å². The Morgan fingerprint density at radius 1 is 0.510 bits per heavy atom. The van der Waals surface area contributed by atoms with Crippen LogP contribution in [0.5, 0.6) is 0 Å². The molecule has 3 aromatic heterocycles. The Morgan fingerprint density at radius 2 is 1.20 bits per heavy atom. The molecule has 0 spiro atoms. The normalized spacial score (nSPS) is 13.5. The minimum Gasteiger partial charge on any atom is -0.455 e. The molecule has 4 nitrogen and oxygen atoms in total. The lowest BCUT2D eigenvalue weighted by Crippen LogP contribution is -2.49. The van der Waals surface area contributed by atoms with Crippen LogP contribution in [-0.2, 0) is 0 Å². The second-order valence-electron chi connectivity index (χ2n) is 14.1. The van der Waals surface area contributed by atoms with Crippen LogP contribution in [0.4, 0.5) is 0 Å². The fraction of sp³-hybridized carbons (Fsp3) is 0.0435. The largest absolute Gasteiger partial charge is 0.455 e. The third-order valence-corrected chi connectivity index (χ3v) is 14.6. The molecule has 0 radical (unpaired) electrons. The highest BCUT2D eigenvalue weighted by molar-refractivity contribution is 7.04. The molecular formula is C46H31N3OSi. The molecule has 4 heterocycles. The molecule has 10 aromatic rings. The van der Waals surface area contributed by atoms with E-state index >= 15 is 0 Å². The van der Waals surface area contributed by atoms with Gasteiger partial charge in [-0.15, -0.1) is 0 Å². The highest BCUT2D eigenvalue weighted by Gasteiger charge is 2.39. The van der Waals surface area contributed by atoms with Gasteiger partial charge in [-0.1, -0.05) is 128 Å². The Labute approximate surface area is 295 Å². The highest BCUT2D eigenvalue weighted by atomic mass is 28.3. The van der Waals surface area contributed by atoms with Gasteiger partial charge in [0.2, 0.25) is 0 Å². The number of para-hydroxylation sites is 3. The first kappa shape index (κ1) is 28.5. The molecule has 0 amide bonds. The van der Waals surface area contributed by atoms with E-state index in [0.717, 1.165) is 77.2 Å². The van der Waals surface area contributed by atoms with Crippen molar-refractivity contribution in [3.8, 4) is 39.5 Å². The summed E-state index contributed by atoms with van der Waals surface area (Å²) in [7, 11) is -1.91. The Hall–Kier alpha value is -6.30. The molecule has 1 aliphatic rings. The van der Waals surface area contributed by atoms with E-state index in [1.54, 1.807) is 0 Å². The first-order valence-corrected chi connectivity index (χ1v) is 20.5. The Bertz CT molecular complexity index is 3050. The molecule has 0 atom stereocenters. The van der Waals surface area contributed by atoms with Gasteiger partial charge < -0.3 is 8.98 Å². The molecule has 0 unspecified atom stereocenters. The third-order valence-electron chi connectivity index (χ3n) is 11.0. The lowest BCUT2D eigenvalue weighted by molar-refractivity contribution is 0.673. The second kappa shape index (κ2) is 10.4. The summed E-state index contributed by atoms with van der Waals surface area (Å²) in [6.07, 6.45) is 0. The van der Waals surface area contributed by atoms with E-state index in [4.69, 9.17) is 14.4 Å². The van der Waals surface area contributed by atoms with Gasteiger partial charge >= 0.3 is 0 Å². The van der Waals surface area contributed by atoms with Crippen molar-refractivity contribution in [1.29, 1.82) is 0 Å². The van der Waals surface area contributed by atoms with Gasteiger partial charge in [-0.05, 0) is 52.3 Å². The molecule has 240 valence electrons. The quantitative estimate of drug-likeness (QED) is 0.176. The average Bonchev–Trinajstić information content (AvgIpc) is 3.81. The van der Waals surface area contributed by atoms with Crippen LogP contribution in [-0.4, -0.2) is 22.6 Å². The highest BCUT2D eigenvalue weighted by Crippen LogP contribution is 2.44. The van der Waals surface area contributed by atoms with Crippen molar-refractivity contribution in [2.24, 2.45) is 0 Å². The summed E-state index contributed by atoms with van der Waals surface area (Å²) < 4.78 is 9.40. The van der Waals surface area contributed by atoms with E-state index in [0.29, 0.717) is 5.82 Å². The van der Waals surface area contributed by atoms with Gasteiger partial charge in [0.05, 0.1) is 33.2 Å². The van der Waals surface area contributed by atoms with Gasteiger partial charge in [0.15, 0.2) is 5.82 Å². The maximum atomic E-state index is 7.06. The minimum absolute atomic E-state index is 0.672. The van der Waals surface area contributed by atoms with Gasteiger partial charge in [0.1, 0.15) is 19.2 Å². The summed E-state index contributed by atoms with van der Waals surface area (Å²) in [5, 5.41) is 8.38. The molecule has 11 rings (SSSR count). The molecule has 5 heteroatoms. The predicted octanol–water partition coefficient (Wildman–Crippen LogP) is 10.8. The van der Waals surface area contributed by atoms with Gasteiger partial charge in [-0.2, -0.15) is 0 Å². The zero-order valence-electron chi connectivity index (χ0n) is 28.2. The molecule has 0 N–H and O–H groups in total. The summed E-state index contributed by atoms with van der Waals surface area (Å²) >= 11 is 0. The number of benzene rings is 7. The van der Waals surface area contributed by atoms with Crippen LogP contribution >= 0.6 is 0 Å². The molecule has 7 aromatic carbocycles. The van der Waals surface area contributed by atoms with Crippen molar-refractivity contribution in [2.45, 2.75) is 13.1 Å².